The van der Waals surface area contributed by atoms with Crippen LogP contribution in [0.5, 0.6) is 0 Å². The first-order valence-corrected chi connectivity index (χ1v) is 11.4. The number of halogens is 2. The molecule has 33 heavy (non-hydrogen) atoms. The standard InChI is InChI=1S/C24H28F2N4O3/c1-27-7-9-28(10-8-27)24(33)23-18(14-31)17-13-29-20(3-2-4-21(29)32)22(17)30(23)12-15-11-16(25)5-6-19(15)26/h2-6,11,17-18,22-23,31H,7-10,12-14H2,1H3/t17-,18-,22+,23-/m0/s1. The molecule has 9 heteroatoms. The number of likely N-dealkylation sites (tertiary alicyclic amines) is 1. The lowest BCUT2D eigenvalue weighted by molar-refractivity contribution is -0.140. The molecule has 176 valence electrons. The van der Waals surface area contributed by atoms with E-state index >= 15 is 0 Å². The van der Waals surface area contributed by atoms with E-state index in [2.05, 4.69) is 4.90 Å². The molecule has 0 spiro atoms. The van der Waals surface area contributed by atoms with Gasteiger partial charge < -0.3 is 19.5 Å². The van der Waals surface area contributed by atoms with Crippen molar-refractivity contribution in [3.63, 3.8) is 0 Å². The number of nitrogens with zero attached hydrogens (tertiary/aromatic N) is 4. The molecule has 4 atom stereocenters. The summed E-state index contributed by atoms with van der Waals surface area (Å²) in [5, 5.41) is 10.4. The van der Waals surface area contributed by atoms with E-state index in [1.54, 1.807) is 15.5 Å². The Morgan fingerprint density at radius 2 is 1.88 bits per heavy atom. The fraction of sp³-hybridized carbons (Fsp3) is 0.500. The van der Waals surface area contributed by atoms with Crippen molar-refractivity contribution in [2.24, 2.45) is 11.8 Å². The second-order valence-corrected chi connectivity index (χ2v) is 9.34. The lowest BCUT2D eigenvalue weighted by Gasteiger charge is -2.38. The molecule has 5 rings (SSSR count). The maximum atomic E-state index is 14.6. The highest BCUT2D eigenvalue weighted by atomic mass is 19.1. The molecule has 1 aromatic carbocycles. The molecule has 2 aromatic rings. The summed E-state index contributed by atoms with van der Waals surface area (Å²) < 4.78 is 30.3. The van der Waals surface area contributed by atoms with Gasteiger partial charge in [0, 0.05) is 75.0 Å². The van der Waals surface area contributed by atoms with Crippen LogP contribution in [-0.4, -0.2) is 76.2 Å². The maximum Gasteiger partial charge on any atom is 0.250 e. The number of benzene rings is 1. The Morgan fingerprint density at radius 1 is 1.12 bits per heavy atom. The number of amides is 1. The van der Waals surface area contributed by atoms with Crippen LogP contribution >= 0.6 is 0 Å². The van der Waals surface area contributed by atoms with Gasteiger partial charge in [-0.15, -0.1) is 0 Å². The van der Waals surface area contributed by atoms with Gasteiger partial charge in [0.1, 0.15) is 11.6 Å². The van der Waals surface area contributed by atoms with E-state index in [1.807, 2.05) is 18.0 Å². The number of fused-ring (bicyclic) bond motifs is 3. The molecule has 1 N–H and O–H groups in total. The van der Waals surface area contributed by atoms with Crippen LogP contribution < -0.4 is 5.56 Å². The van der Waals surface area contributed by atoms with Crippen molar-refractivity contribution >= 4 is 5.91 Å². The van der Waals surface area contributed by atoms with Crippen LogP contribution in [0.2, 0.25) is 0 Å². The van der Waals surface area contributed by atoms with Crippen molar-refractivity contribution in [3.8, 4) is 0 Å². The zero-order chi connectivity index (χ0) is 23.3. The van der Waals surface area contributed by atoms with Crippen LogP contribution in [0.4, 0.5) is 8.78 Å². The van der Waals surface area contributed by atoms with Crippen LogP contribution in [0.25, 0.3) is 0 Å². The number of rotatable bonds is 4. The molecule has 0 saturated carbocycles. The van der Waals surface area contributed by atoms with E-state index in [0.717, 1.165) is 37.0 Å². The third-order valence-electron chi connectivity index (χ3n) is 7.50. The van der Waals surface area contributed by atoms with E-state index in [-0.39, 0.29) is 42.1 Å². The zero-order valence-corrected chi connectivity index (χ0v) is 18.5. The fourth-order valence-electron chi connectivity index (χ4n) is 5.79. The molecule has 0 aliphatic carbocycles. The molecule has 1 aromatic heterocycles. The normalized spacial score (nSPS) is 27.6. The number of aliphatic hydroxyl groups is 1. The highest BCUT2D eigenvalue weighted by Crippen LogP contribution is 2.50. The quantitative estimate of drug-likeness (QED) is 0.742. The smallest absolute Gasteiger partial charge is 0.250 e. The van der Waals surface area contributed by atoms with Gasteiger partial charge in [-0.2, -0.15) is 0 Å². The molecular weight excluding hydrogens is 430 g/mol. The van der Waals surface area contributed by atoms with Crippen molar-refractivity contribution in [2.75, 3.05) is 39.8 Å². The molecule has 4 heterocycles. The van der Waals surface area contributed by atoms with Crippen LogP contribution in [0, 0.1) is 23.5 Å². The first-order chi connectivity index (χ1) is 15.9. The minimum absolute atomic E-state index is 0.00843. The summed E-state index contributed by atoms with van der Waals surface area (Å²) in [4.78, 5) is 32.1. The summed E-state index contributed by atoms with van der Waals surface area (Å²) in [6, 6.07) is 7.30. The van der Waals surface area contributed by atoms with E-state index < -0.39 is 23.6 Å². The summed E-state index contributed by atoms with van der Waals surface area (Å²) in [7, 11) is 2.01. The van der Waals surface area contributed by atoms with Crippen molar-refractivity contribution < 1.29 is 18.7 Å². The van der Waals surface area contributed by atoms with Crippen LogP contribution in [0.3, 0.4) is 0 Å². The van der Waals surface area contributed by atoms with Crippen molar-refractivity contribution in [3.05, 3.63) is 69.6 Å². The molecule has 0 unspecified atom stereocenters. The Morgan fingerprint density at radius 3 is 2.61 bits per heavy atom. The van der Waals surface area contributed by atoms with E-state index in [0.29, 0.717) is 19.6 Å². The summed E-state index contributed by atoms with van der Waals surface area (Å²) in [6.45, 7) is 2.84. The molecule has 1 amide bonds. The minimum Gasteiger partial charge on any atom is -0.396 e. The summed E-state index contributed by atoms with van der Waals surface area (Å²) >= 11 is 0. The van der Waals surface area contributed by atoms with Gasteiger partial charge in [0.25, 0.3) is 5.56 Å². The number of pyridine rings is 1. The van der Waals surface area contributed by atoms with Crippen molar-refractivity contribution in [2.45, 2.75) is 25.2 Å². The molecule has 7 nitrogen and oxygen atoms in total. The van der Waals surface area contributed by atoms with E-state index in [1.165, 1.54) is 6.07 Å². The van der Waals surface area contributed by atoms with Gasteiger partial charge in [0.2, 0.25) is 5.91 Å². The van der Waals surface area contributed by atoms with Crippen LogP contribution in [0.15, 0.2) is 41.2 Å². The Kier molecular flexibility index (Phi) is 5.80. The molecule has 0 bridgehead atoms. The van der Waals surface area contributed by atoms with Gasteiger partial charge in [-0.05, 0) is 31.3 Å². The Bertz CT molecular complexity index is 1120. The van der Waals surface area contributed by atoms with Gasteiger partial charge in [-0.3, -0.25) is 14.5 Å². The third-order valence-corrected chi connectivity index (χ3v) is 7.50. The zero-order valence-electron chi connectivity index (χ0n) is 18.5. The molecule has 2 fully saturated rings. The Balaban J connectivity index is 1.56. The molecule has 3 aliphatic heterocycles. The first-order valence-electron chi connectivity index (χ1n) is 11.4. The van der Waals surface area contributed by atoms with Gasteiger partial charge in [0.15, 0.2) is 0 Å². The van der Waals surface area contributed by atoms with Crippen molar-refractivity contribution in [1.82, 2.24) is 19.3 Å². The second kappa shape index (κ2) is 8.62. The monoisotopic (exact) mass is 458 g/mol. The summed E-state index contributed by atoms with van der Waals surface area (Å²) in [6.07, 6.45) is 0. The predicted octanol–water partition coefficient (Wildman–Crippen LogP) is 1.06. The third kappa shape index (κ3) is 3.78. The highest BCUT2D eigenvalue weighted by Gasteiger charge is 2.56. The first kappa shape index (κ1) is 22.2. The maximum absolute atomic E-state index is 14.6. The average molecular weight is 459 g/mol. The second-order valence-electron chi connectivity index (χ2n) is 9.34. The lowest BCUT2D eigenvalue weighted by atomic mass is 9.88. The Labute approximate surface area is 190 Å². The Hall–Kier alpha value is -2.62. The topological polar surface area (TPSA) is 69.0 Å². The number of hydrogen-bond donors (Lipinski definition) is 1. The van der Waals surface area contributed by atoms with Crippen molar-refractivity contribution in [1.29, 1.82) is 0 Å². The minimum atomic E-state index is -0.680. The van der Waals surface area contributed by atoms with Gasteiger partial charge in [-0.1, -0.05) is 6.07 Å². The SMILES string of the molecule is CN1CCN(C(=O)[C@@H]2[C@@H](CO)[C@@H]3Cn4c(cccc4=O)[C@@H]3N2Cc2cc(F)ccc2F)CC1. The number of likely N-dealkylation sites (N-methyl/N-ethyl adjacent to an activating group) is 1. The highest BCUT2D eigenvalue weighted by molar-refractivity contribution is 5.83. The molecule has 2 saturated heterocycles. The number of piperazine rings is 1. The molecule has 0 radical (unpaired) electrons. The molecule has 3 aliphatic rings. The van der Waals surface area contributed by atoms with E-state index in [9.17, 15) is 23.5 Å². The van der Waals surface area contributed by atoms with Gasteiger partial charge >= 0.3 is 0 Å². The molecular formula is C24H28F2N4O3. The summed E-state index contributed by atoms with van der Waals surface area (Å²) in [5.41, 5.74) is 0.758. The average Bonchev–Trinajstić information content (AvgIpc) is 3.32. The number of hydrogen-bond acceptors (Lipinski definition) is 5. The van der Waals surface area contributed by atoms with Crippen LogP contribution in [-0.2, 0) is 17.9 Å². The largest absolute Gasteiger partial charge is 0.396 e. The summed E-state index contributed by atoms with van der Waals surface area (Å²) in [5.74, 6) is -1.79. The fourth-order valence-corrected chi connectivity index (χ4v) is 5.79. The lowest BCUT2D eigenvalue weighted by Crippen LogP contribution is -2.55. The van der Waals surface area contributed by atoms with E-state index in [4.69, 9.17) is 0 Å². The number of aliphatic hydroxyl groups excluding tert-OH is 1. The van der Waals surface area contributed by atoms with Gasteiger partial charge in [-0.25, -0.2) is 8.78 Å². The number of aromatic nitrogens is 1. The van der Waals surface area contributed by atoms with Gasteiger partial charge in [0.05, 0.1) is 12.1 Å². The number of carbonyl (C=O) groups excluding carboxylic acids is 1. The number of carbonyl (C=O) groups is 1. The predicted molar refractivity (Wildman–Crippen MR) is 117 cm³/mol. The van der Waals surface area contributed by atoms with Crippen LogP contribution in [0.1, 0.15) is 17.3 Å².